The number of hydrogen-bond acceptors (Lipinski definition) is 4. The standard InChI is InChI=1S/C11H20N2O4/c1-11(2,3)17-10(15)13-6-5-12-7-8(13)9(14)16-4/h8,12H,5-7H2,1-4H3/p+1/t8-/m0/s1. The van der Waals surface area contributed by atoms with Gasteiger partial charge in [0.25, 0.3) is 0 Å². The molecule has 0 spiro atoms. The number of quaternary nitrogens is 1. The van der Waals surface area contributed by atoms with Crippen LogP contribution in [0.4, 0.5) is 4.79 Å². The number of ether oxygens (including phenoxy) is 2. The number of carbonyl (C=O) groups is 2. The highest BCUT2D eigenvalue weighted by Crippen LogP contribution is 2.12. The molecule has 1 atom stereocenters. The van der Waals surface area contributed by atoms with Gasteiger partial charge in [0.2, 0.25) is 0 Å². The fraction of sp³-hybridized carbons (Fsp3) is 0.818. The molecule has 0 aliphatic carbocycles. The van der Waals surface area contributed by atoms with Crippen LogP contribution in [0, 0.1) is 0 Å². The van der Waals surface area contributed by atoms with Gasteiger partial charge in [-0.2, -0.15) is 0 Å². The molecule has 1 aliphatic rings. The van der Waals surface area contributed by atoms with Gasteiger partial charge in [-0.3, -0.25) is 4.90 Å². The van der Waals surface area contributed by atoms with Crippen molar-refractivity contribution in [2.75, 3.05) is 26.7 Å². The molecule has 0 unspecified atom stereocenters. The minimum absolute atomic E-state index is 0.396. The van der Waals surface area contributed by atoms with Gasteiger partial charge in [-0.05, 0) is 20.8 Å². The number of nitrogens with zero attached hydrogens (tertiary/aromatic N) is 1. The van der Waals surface area contributed by atoms with Crippen molar-refractivity contribution < 1.29 is 24.4 Å². The highest BCUT2D eigenvalue weighted by Gasteiger charge is 2.37. The van der Waals surface area contributed by atoms with Gasteiger partial charge in [-0.1, -0.05) is 0 Å². The first-order valence-corrected chi connectivity index (χ1v) is 5.74. The van der Waals surface area contributed by atoms with Gasteiger partial charge in [-0.25, -0.2) is 9.59 Å². The Kier molecular flexibility index (Phi) is 4.34. The summed E-state index contributed by atoms with van der Waals surface area (Å²) >= 11 is 0. The normalized spacial score (nSPS) is 20.9. The van der Waals surface area contributed by atoms with E-state index in [2.05, 4.69) is 0 Å². The number of piperazine rings is 1. The zero-order valence-electron chi connectivity index (χ0n) is 10.9. The first-order chi connectivity index (χ1) is 7.85. The maximum Gasteiger partial charge on any atom is 0.411 e. The van der Waals surface area contributed by atoms with Gasteiger partial charge >= 0.3 is 12.1 Å². The van der Waals surface area contributed by atoms with Crippen LogP contribution in [0.25, 0.3) is 0 Å². The molecule has 1 saturated heterocycles. The van der Waals surface area contributed by atoms with E-state index in [1.807, 2.05) is 5.32 Å². The van der Waals surface area contributed by atoms with Crippen LogP contribution in [0.5, 0.6) is 0 Å². The predicted octanol–water partition coefficient (Wildman–Crippen LogP) is -0.658. The maximum absolute atomic E-state index is 11.9. The van der Waals surface area contributed by atoms with E-state index in [9.17, 15) is 9.59 Å². The van der Waals surface area contributed by atoms with E-state index in [1.165, 1.54) is 12.0 Å². The van der Waals surface area contributed by atoms with E-state index in [1.54, 1.807) is 20.8 Å². The SMILES string of the molecule is COC(=O)[C@@H]1C[NH2+]CCN1C(=O)OC(C)(C)C. The third-order valence-corrected chi connectivity index (χ3v) is 2.44. The molecule has 1 aliphatic heterocycles. The van der Waals surface area contributed by atoms with E-state index in [4.69, 9.17) is 9.47 Å². The zero-order chi connectivity index (χ0) is 13.1. The van der Waals surface area contributed by atoms with E-state index < -0.39 is 23.7 Å². The molecule has 1 heterocycles. The molecule has 98 valence electrons. The van der Waals surface area contributed by atoms with Crippen molar-refractivity contribution in [3.63, 3.8) is 0 Å². The Morgan fingerprint density at radius 1 is 1.35 bits per heavy atom. The average Bonchev–Trinajstić information content (AvgIpc) is 2.25. The highest BCUT2D eigenvalue weighted by molar-refractivity contribution is 5.81. The predicted molar refractivity (Wildman–Crippen MR) is 60.4 cm³/mol. The number of esters is 1. The van der Waals surface area contributed by atoms with Crippen LogP contribution in [0.3, 0.4) is 0 Å². The molecule has 6 nitrogen and oxygen atoms in total. The lowest BCUT2D eigenvalue weighted by atomic mass is 10.2. The van der Waals surface area contributed by atoms with Gasteiger partial charge in [0.15, 0.2) is 6.04 Å². The van der Waals surface area contributed by atoms with Crippen LogP contribution >= 0.6 is 0 Å². The highest BCUT2D eigenvalue weighted by atomic mass is 16.6. The van der Waals surface area contributed by atoms with Crippen LogP contribution < -0.4 is 5.32 Å². The van der Waals surface area contributed by atoms with E-state index in [0.717, 1.165) is 6.54 Å². The number of methoxy groups -OCH3 is 1. The van der Waals surface area contributed by atoms with Gasteiger partial charge in [0.1, 0.15) is 12.1 Å². The molecule has 0 aromatic rings. The Bertz CT molecular complexity index is 298. The quantitative estimate of drug-likeness (QED) is 0.623. The molecule has 0 radical (unpaired) electrons. The largest absolute Gasteiger partial charge is 0.467 e. The summed E-state index contributed by atoms with van der Waals surface area (Å²) in [6.07, 6.45) is -0.457. The van der Waals surface area contributed by atoms with Gasteiger partial charge < -0.3 is 14.8 Å². The second-order valence-corrected chi connectivity index (χ2v) is 5.03. The third-order valence-electron chi connectivity index (χ3n) is 2.44. The summed E-state index contributed by atoms with van der Waals surface area (Å²) in [6.45, 7) is 7.18. The molecule has 17 heavy (non-hydrogen) atoms. The first kappa shape index (κ1) is 13.8. The van der Waals surface area contributed by atoms with E-state index >= 15 is 0 Å². The lowest BCUT2D eigenvalue weighted by molar-refractivity contribution is -0.665. The molecule has 0 aromatic carbocycles. The van der Waals surface area contributed by atoms with Crippen molar-refractivity contribution in [3.05, 3.63) is 0 Å². The Balaban J connectivity index is 2.71. The lowest BCUT2D eigenvalue weighted by Gasteiger charge is -2.33. The minimum atomic E-state index is -0.557. The van der Waals surface area contributed by atoms with Crippen molar-refractivity contribution in [1.29, 1.82) is 0 Å². The number of nitrogens with two attached hydrogens (primary N) is 1. The molecule has 6 heteroatoms. The fourth-order valence-corrected chi connectivity index (χ4v) is 1.69. The van der Waals surface area contributed by atoms with Crippen LogP contribution in [0.2, 0.25) is 0 Å². The molecule has 1 fully saturated rings. The van der Waals surface area contributed by atoms with Crippen LogP contribution in [-0.2, 0) is 14.3 Å². The lowest BCUT2D eigenvalue weighted by Crippen LogP contribution is -2.92. The smallest absolute Gasteiger partial charge is 0.411 e. The molecule has 2 N–H and O–H groups in total. The van der Waals surface area contributed by atoms with Gasteiger partial charge in [-0.15, -0.1) is 0 Å². The summed E-state index contributed by atoms with van der Waals surface area (Å²) in [5, 5.41) is 1.99. The van der Waals surface area contributed by atoms with Gasteiger partial charge in [0, 0.05) is 0 Å². The summed E-state index contributed by atoms with van der Waals surface area (Å²) in [4.78, 5) is 24.9. The molecule has 1 amide bonds. The topological polar surface area (TPSA) is 72.5 Å². The number of rotatable bonds is 1. The maximum atomic E-state index is 11.9. The van der Waals surface area contributed by atoms with Crippen molar-refractivity contribution in [2.45, 2.75) is 32.4 Å². The van der Waals surface area contributed by atoms with Crippen molar-refractivity contribution >= 4 is 12.1 Å². The molecule has 1 rings (SSSR count). The summed E-state index contributed by atoms with van der Waals surface area (Å²) in [7, 11) is 1.32. The Morgan fingerprint density at radius 3 is 2.53 bits per heavy atom. The second kappa shape index (κ2) is 5.35. The Morgan fingerprint density at radius 2 is 2.00 bits per heavy atom. The summed E-state index contributed by atoms with van der Waals surface area (Å²) < 4.78 is 9.96. The number of amides is 1. The van der Waals surface area contributed by atoms with Crippen molar-refractivity contribution in [1.82, 2.24) is 4.90 Å². The van der Waals surface area contributed by atoms with Crippen molar-refractivity contribution in [2.24, 2.45) is 0 Å². The third kappa shape index (κ3) is 3.89. The summed E-state index contributed by atoms with van der Waals surface area (Å²) in [5.74, 6) is -0.396. The van der Waals surface area contributed by atoms with Crippen LogP contribution in [0.1, 0.15) is 20.8 Å². The second-order valence-electron chi connectivity index (χ2n) is 5.03. The average molecular weight is 245 g/mol. The molecule has 0 saturated carbocycles. The molecular formula is C11H21N2O4+. The molecule has 0 aromatic heterocycles. The monoisotopic (exact) mass is 245 g/mol. The van der Waals surface area contributed by atoms with Gasteiger partial charge in [0.05, 0.1) is 20.2 Å². The molecule has 0 bridgehead atoms. The Labute approximate surface area is 101 Å². The molecular weight excluding hydrogens is 224 g/mol. The summed E-state index contributed by atoms with van der Waals surface area (Å²) in [5.41, 5.74) is -0.557. The zero-order valence-corrected chi connectivity index (χ0v) is 10.9. The summed E-state index contributed by atoms with van der Waals surface area (Å²) in [6, 6.07) is -0.552. The Hall–Kier alpha value is -1.30. The first-order valence-electron chi connectivity index (χ1n) is 5.74. The van der Waals surface area contributed by atoms with Crippen LogP contribution in [0.15, 0.2) is 0 Å². The van der Waals surface area contributed by atoms with E-state index in [0.29, 0.717) is 13.1 Å². The van der Waals surface area contributed by atoms with Crippen LogP contribution in [-0.4, -0.2) is 55.3 Å². The fourth-order valence-electron chi connectivity index (χ4n) is 1.69. The number of carbonyl (C=O) groups excluding carboxylic acids is 2. The minimum Gasteiger partial charge on any atom is -0.467 e. The number of hydrogen-bond donors (Lipinski definition) is 1. The van der Waals surface area contributed by atoms with E-state index in [-0.39, 0.29) is 0 Å². The van der Waals surface area contributed by atoms with Crippen molar-refractivity contribution in [3.8, 4) is 0 Å².